The van der Waals surface area contributed by atoms with Crippen LogP contribution >= 0.6 is 11.3 Å². The molecule has 0 spiro atoms. The van der Waals surface area contributed by atoms with Crippen molar-refractivity contribution < 1.29 is 9.18 Å². The average molecular weight is 348 g/mol. The molecular formula is C19H25FN2OS. The average Bonchev–Trinajstić information content (AvgIpc) is 2.98. The lowest BCUT2D eigenvalue weighted by molar-refractivity contribution is -0.131. The Labute approximate surface area is 147 Å². The number of benzene rings is 1. The second-order valence-electron chi connectivity index (χ2n) is 6.08. The summed E-state index contributed by atoms with van der Waals surface area (Å²) >= 11 is 1.70. The number of aryl methyl sites for hydroxylation is 1. The number of amides is 1. The van der Waals surface area contributed by atoms with E-state index in [2.05, 4.69) is 38.2 Å². The third-order valence-electron chi connectivity index (χ3n) is 4.00. The second kappa shape index (κ2) is 8.94. The van der Waals surface area contributed by atoms with Gasteiger partial charge in [0.2, 0.25) is 5.91 Å². The molecule has 5 heteroatoms. The van der Waals surface area contributed by atoms with Gasteiger partial charge in [-0.25, -0.2) is 4.39 Å². The van der Waals surface area contributed by atoms with Crippen molar-refractivity contribution in [2.75, 3.05) is 6.54 Å². The lowest BCUT2D eigenvalue weighted by Crippen LogP contribution is -2.40. The van der Waals surface area contributed by atoms with Gasteiger partial charge in [0.25, 0.3) is 0 Å². The third-order valence-corrected chi connectivity index (χ3v) is 4.98. The van der Waals surface area contributed by atoms with Gasteiger partial charge < -0.3 is 10.2 Å². The lowest BCUT2D eigenvalue weighted by atomic mass is 10.2. The van der Waals surface area contributed by atoms with Crippen LogP contribution in [0.2, 0.25) is 0 Å². The van der Waals surface area contributed by atoms with E-state index in [0.717, 1.165) is 16.9 Å². The molecule has 3 nitrogen and oxygen atoms in total. The Kier molecular flexibility index (Phi) is 6.94. The first kappa shape index (κ1) is 18.6. The quantitative estimate of drug-likeness (QED) is 0.778. The van der Waals surface area contributed by atoms with Gasteiger partial charge in [-0.15, -0.1) is 11.3 Å². The predicted molar refractivity (Wildman–Crippen MR) is 97.5 cm³/mol. The summed E-state index contributed by atoms with van der Waals surface area (Å²) in [7, 11) is 0. The highest BCUT2D eigenvalue weighted by Gasteiger charge is 2.16. The number of carbonyl (C=O) groups is 1. The molecule has 130 valence electrons. The zero-order valence-corrected chi connectivity index (χ0v) is 15.3. The SMILES string of the molecule is CC[C@H](C)NCC(=O)N(Cc1ccc(F)cc1)Cc1ccc(C)s1. The molecular weight excluding hydrogens is 323 g/mol. The molecule has 0 saturated carbocycles. The summed E-state index contributed by atoms with van der Waals surface area (Å²) in [6.45, 7) is 7.60. The standard InChI is InChI=1S/C19H25FN2OS/c1-4-14(2)21-11-19(23)22(13-18-10-5-15(3)24-18)12-16-6-8-17(20)9-7-16/h5-10,14,21H,4,11-13H2,1-3H3/t14-/m0/s1. The minimum atomic E-state index is -0.260. The van der Waals surface area contributed by atoms with Crippen LogP contribution in [0.5, 0.6) is 0 Å². The molecule has 0 aliphatic carbocycles. The topological polar surface area (TPSA) is 32.3 Å². The van der Waals surface area contributed by atoms with Crippen molar-refractivity contribution in [3.05, 3.63) is 57.5 Å². The first-order valence-electron chi connectivity index (χ1n) is 8.29. The van der Waals surface area contributed by atoms with Gasteiger partial charge >= 0.3 is 0 Å². The van der Waals surface area contributed by atoms with Crippen LogP contribution < -0.4 is 5.32 Å². The number of thiophene rings is 1. The fourth-order valence-electron chi connectivity index (χ4n) is 2.32. The van der Waals surface area contributed by atoms with Crippen molar-refractivity contribution in [1.82, 2.24) is 10.2 Å². The molecule has 1 aromatic heterocycles. The van der Waals surface area contributed by atoms with Crippen molar-refractivity contribution in [2.45, 2.75) is 46.3 Å². The summed E-state index contributed by atoms with van der Waals surface area (Å²) in [5.41, 5.74) is 0.932. The van der Waals surface area contributed by atoms with Gasteiger partial charge in [0.15, 0.2) is 0 Å². The van der Waals surface area contributed by atoms with Crippen LogP contribution in [0.1, 0.15) is 35.6 Å². The molecule has 1 amide bonds. The first-order chi connectivity index (χ1) is 11.5. The van der Waals surface area contributed by atoms with E-state index in [9.17, 15) is 9.18 Å². The summed E-state index contributed by atoms with van der Waals surface area (Å²) in [5, 5.41) is 3.25. The van der Waals surface area contributed by atoms with Gasteiger partial charge in [0.05, 0.1) is 13.1 Å². The zero-order chi connectivity index (χ0) is 17.5. The summed E-state index contributed by atoms with van der Waals surface area (Å²) < 4.78 is 13.1. The summed E-state index contributed by atoms with van der Waals surface area (Å²) in [5.74, 6) is -0.199. The van der Waals surface area contributed by atoms with Gasteiger partial charge in [-0.1, -0.05) is 19.1 Å². The zero-order valence-electron chi connectivity index (χ0n) is 14.5. The molecule has 0 unspecified atom stereocenters. The van der Waals surface area contributed by atoms with E-state index < -0.39 is 0 Å². The van der Waals surface area contributed by atoms with Gasteiger partial charge in [-0.05, 0) is 50.1 Å². The Morgan fingerprint density at radius 3 is 2.50 bits per heavy atom. The van der Waals surface area contributed by atoms with Crippen molar-refractivity contribution in [1.29, 1.82) is 0 Å². The number of nitrogens with one attached hydrogen (secondary N) is 1. The molecule has 0 radical (unpaired) electrons. The number of rotatable bonds is 8. The van der Waals surface area contributed by atoms with Crippen LogP contribution in [-0.4, -0.2) is 23.4 Å². The third kappa shape index (κ3) is 5.73. The number of halogens is 1. The van der Waals surface area contributed by atoms with E-state index >= 15 is 0 Å². The second-order valence-corrected chi connectivity index (χ2v) is 7.45. The molecule has 1 N–H and O–H groups in total. The molecule has 0 aliphatic heterocycles. The molecule has 1 heterocycles. The summed E-state index contributed by atoms with van der Waals surface area (Å²) in [6, 6.07) is 10.8. The highest BCUT2D eigenvalue weighted by molar-refractivity contribution is 7.11. The van der Waals surface area contributed by atoms with Crippen molar-refractivity contribution >= 4 is 17.2 Å². The van der Waals surface area contributed by atoms with Crippen LogP contribution in [0.25, 0.3) is 0 Å². The normalized spacial score (nSPS) is 12.2. The molecule has 2 aromatic rings. The summed E-state index contributed by atoms with van der Waals surface area (Å²) in [4.78, 5) is 16.9. The maximum absolute atomic E-state index is 13.1. The molecule has 1 aromatic carbocycles. The van der Waals surface area contributed by atoms with E-state index in [4.69, 9.17) is 0 Å². The van der Waals surface area contributed by atoms with E-state index in [1.807, 2.05) is 4.90 Å². The monoisotopic (exact) mass is 348 g/mol. The molecule has 2 rings (SSSR count). The molecule has 0 fully saturated rings. The van der Waals surface area contributed by atoms with Gasteiger partial charge in [0, 0.05) is 22.3 Å². The molecule has 0 bridgehead atoms. The number of hydrogen-bond donors (Lipinski definition) is 1. The fraction of sp³-hybridized carbons (Fsp3) is 0.421. The van der Waals surface area contributed by atoms with Gasteiger partial charge in [-0.3, -0.25) is 4.79 Å². The van der Waals surface area contributed by atoms with E-state index in [0.29, 0.717) is 25.7 Å². The van der Waals surface area contributed by atoms with E-state index in [1.165, 1.54) is 17.0 Å². The first-order valence-corrected chi connectivity index (χ1v) is 9.10. The minimum Gasteiger partial charge on any atom is -0.332 e. The Hall–Kier alpha value is -1.72. The molecule has 0 saturated heterocycles. The smallest absolute Gasteiger partial charge is 0.237 e. The van der Waals surface area contributed by atoms with Crippen LogP contribution in [-0.2, 0) is 17.9 Å². The predicted octanol–water partition coefficient (Wildman–Crippen LogP) is 4.11. The van der Waals surface area contributed by atoms with Crippen LogP contribution in [0, 0.1) is 12.7 Å². The van der Waals surface area contributed by atoms with E-state index in [1.54, 1.807) is 23.5 Å². The number of nitrogens with zero attached hydrogens (tertiary/aromatic N) is 1. The number of hydrogen-bond acceptors (Lipinski definition) is 3. The van der Waals surface area contributed by atoms with Crippen LogP contribution in [0.15, 0.2) is 36.4 Å². The maximum atomic E-state index is 13.1. The molecule has 0 aliphatic rings. The van der Waals surface area contributed by atoms with E-state index in [-0.39, 0.29) is 11.7 Å². The van der Waals surface area contributed by atoms with Gasteiger partial charge in [0.1, 0.15) is 5.82 Å². The van der Waals surface area contributed by atoms with Crippen molar-refractivity contribution in [3.63, 3.8) is 0 Å². The largest absolute Gasteiger partial charge is 0.332 e. The van der Waals surface area contributed by atoms with Crippen molar-refractivity contribution in [3.8, 4) is 0 Å². The highest BCUT2D eigenvalue weighted by atomic mass is 32.1. The Bertz CT molecular complexity index is 654. The van der Waals surface area contributed by atoms with Crippen LogP contribution in [0.3, 0.4) is 0 Å². The van der Waals surface area contributed by atoms with Crippen LogP contribution in [0.4, 0.5) is 4.39 Å². The van der Waals surface area contributed by atoms with Crippen molar-refractivity contribution in [2.24, 2.45) is 0 Å². The van der Waals surface area contributed by atoms with Gasteiger partial charge in [-0.2, -0.15) is 0 Å². The fourth-order valence-corrected chi connectivity index (χ4v) is 3.22. The molecule has 24 heavy (non-hydrogen) atoms. The minimum absolute atomic E-state index is 0.0608. The number of carbonyl (C=O) groups excluding carboxylic acids is 1. The lowest BCUT2D eigenvalue weighted by Gasteiger charge is -2.23. The molecule has 1 atom stereocenters. The Morgan fingerprint density at radius 2 is 1.92 bits per heavy atom. The Balaban J connectivity index is 2.07. The Morgan fingerprint density at radius 1 is 1.21 bits per heavy atom. The maximum Gasteiger partial charge on any atom is 0.237 e. The highest BCUT2D eigenvalue weighted by Crippen LogP contribution is 2.19. The summed E-state index contributed by atoms with van der Waals surface area (Å²) in [6.07, 6.45) is 0.982.